The predicted molar refractivity (Wildman–Crippen MR) is 96.1 cm³/mol. The van der Waals surface area contributed by atoms with E-state index in [1.807, 2.05) is 0 Å². The second kappa shape index (κ2) is 11.6. The Morgan fingerprint density at radius 1 is 1.15 bits per heavy atom. The highest BCUT2D eigenvalue weighted by atomic mass is 32.2. The summed E-state index contributed by atoms with van der Waals surface area (Å²) in [6.07, 6.45) is 4.12. The molecule has 1 amide bonds. The zero-order valence-electron chi connectivity index (χ0n) is 15.4. The molecule has 156 valence electrons. The summed E-state index contributed by atoms with van der Waals surface area (Å²) >= 11 is 0. The van der Waals surface area contributed by atoms with Crippen molar-refractivity contribution in [2.24, 2.45) is 16.1 Å². The van der Waals surface area contributed by atoms with Crippen LogP contribution in [0.5, 0.6) is 0 Å². The summed E-state index contributed by atoms with van der Waals surface area (Å²) < 4.78 is 50.8. The van der Waals surface area contributed by atoms with Gasteiger partial charge in [0, 0.05) is 14.1 Å². The van der Waals surface area contributed by atoms with Crippen LogP contribution in [0.15, 0.2) is 16.7 Å². The molecule has 0 fully saturated rings. The largest absolute Gasteiger partial charge is 0.364 e. The van der Waals surface area contributed by atoms with Crippen molar-refractivity contribution < 1.29 is 30.0 Å². The molecule has 0 saturated heterocycles. The number of aromatic nitrogens is 2. The van der Waals surface area contributed by atoms with E-state index in [1.165, 1.54) is 11.3 Å². The number of imidazole rings is 1. The summed E-state index contributed by atoms with van der Waals surface area (Å²) in [7, 11) is -3.38. The maximum atomic E-state index is 10.8. The number of carbonyl (C=O) groups excluding carboxylic acids is 1. The quantitative estimate of drug-likeness (QED) is 0.220. The van der Waals surface area contributed by atoms with Gasteiger partial charge in [-0.2, -0.15) is 16.8 Å². The van der Waals surface area contributed by atoms with Crippen LogP contribution in [0.25, 0.3) is 0 Å². The van der Waals surface area contributed by atoms with Gasteiger partial charge in [0.25, 0.3) is 26.1 Å². The lowest BCUT2D eigenvalue weighted by Gasteiger charge is -2.01. The van der Waals surface area contributed by atoms with E-state index in [4.69, 9.17) is 5.73 Å². The summed E-state index contributed by atoms with van der Waals surface area (Å²) in [6.45, 7) is 0.0951. The van der Waals surface area contributed by atoms with E-state index >= 15 is 0 Å². The SMILES string of the molecule is CN(C)N=Nc1nc[nH]c1C(N)=O.CS(=O)(=O)OCCCCOS(C)(=O)=O. The third kappa shape index (κ3) is 14.7. The second-order valence-corrected chi connectivity index (χ2v) is 8.55. The Balaban J connectivity index is 0.000000501. The molecule has 3 N–H and O–H groups in total. The summed E-state index contributed by atoms with van der Waals surface area (Å²) in [5, 5.41) is 8.86. The van der Waals surface area contributed by atoms with Gasteiger partial charge in [0.15, 0.2) is 5.69 Å². The summed E-state index contributed by atoms with van der Waals surface area (Å²) in [6, 6.07) is 0. The molecule has 0 aliphatic carbocycles. The van der Waals surface area contributed by atoms with E-state index in [0.29, 0.717) is 12.8 Å². The molecule has 0 aliphatic rings. The van der Waals surface area contributed by atoms with E-state index in [9.17, 15) is 21.6 Å². The van der Waals surface area contributed by atoms with Gasteiger partial charge in [-0.3, -0.25) is 18.2 Å². The fraction of sp³-hybridized carbons (Fsp3) is 0.667. The average molecular weight is 428 g/mol. The number of H-pyrrole nitrogens is 1. The number of amides is 1. The molecule has 27 heavy (non-hydrogen) atoms. The third-order valence-electron chi connectivity index (χ3n) is 2.32. The van der Waals surface area contributed by atoms with Gasteiger partial charge in [-0.25, -0.2) is 4.98 Å². The van der Waals surface area contributed by atoms with Crippen molar-refractivity contribution in [1.82, 2.24) is 15.0 Å². The van der Waals surface area contributed by atoms with Gasteiger partial charge in [-0.05, 0) is 12.8 Å². The lowest BCUT2D eigenvalue weighted by molar-refractivity contribution is 0.0996. The predicted octanol–water partition coefficient (Wildman–Crippen LogP) is -0.212. The highest BCUT2D eigenvalue weighted by molar-refractivity contribution is 7.86. The van der Waals surface area contributed by atoms with Crippen molar-refractivity contribution in [1.29, 1.82) is 0 Å². The molecule has 0 unspecified atom stereocenters. The third-order valence-corrected chi connectivity index (χ3v) is 3.51. The molecule has 0 aliphatic heterocycles. The first-order valence-corrected chi connectivity index (χ1v) is 11.1. The minimum absolute atomic E-state index is 0.0476. The van der Waals surface area contributed by atoms with Crippen LogP contribution < -0.4 is 5.73 Å². The van der Waals surface area contributed by atoms with E-state index in [1.54, 1.807) is 14.1 Å². The number of carbonyl (C=O) groups is 1. The molecule has 1 rings (SSSR count). The van der Waals surface area contributed by atoms with Crippen LogP contribution in [0.3, 0.4) is 0 Å². The molecule has 0 saturated carbocycles. The van der Waals surface area contributed by atoms with Crippen molar-refractivity contribution in [2.75, 3.05) is 39.8 Å². The van der Waals surface area contributed by atoms with Crippen LogP contribution >= 0.6 is 0 Å². The van der Waals surface area contributed by atoms with Crippen molar-refractivity contribution >= 4 is 32.0 Å². The minimum Gasteiger partial charge on any atom is -0.364 e. The topological polar surface area (TPSA) is 186 Å². The minimum atomic E-state index is -3.40. The van der Waals surface area contributed by atoms with E-state index in [0.717, 1.165) is 12.5 Å². The highest BCUT2D eigenvalue weighted by Crippen LogP contribution is 2.12. The number of nitrogens with one attached hydrogen (secondary N) is 1. The summed E-state index contributed by atoms with van der Waals surface area (Å²) in [5.41, 5.74) is 5.20. The molecule has 1 heterocycles. The number of nitrogens with zero attached hydrogens (tertiary/aromatic N) is 4. The maximum Gasteiger partial charge on any atom is 0.269 e. The zero-order chi connectivity index (χ0) is 21.1. The first-order chi connectivity index (χ1) is 12.3. The van der Waals surface area contributed by atoms with Crippen LogP contribution in [-0.2, 0) is 28.6 Å². The van der Waals surface area contributed by atoms with E-state index < -0.39 is 26.1 Å². The normalized spacial score (nSPS) is 11.9. The Kier molecular flexibility index (Phi) is 10.7. The number of aromatic amines is 1. The van der Waals surface area contributed by atoms with Gasteiger partial charge in [0.1, 0.15) is 0 Å². The van der Waals surface area contributed by atoms with Crippen LogP contribution in [0, 0.1) is 0 Å². The number of primary amides is 1. The van der Waals surface area contributed by atoms with Gasteiger partial charge in [0.05, 0.1) is 32.1 Å². The highest BCUT2D eigenvalue weighted by Gasteiger charge is 2.09. The van der Waals surface area contributed by atoms with Gasteiger partial charge >= 0.3 is 0 Å². The van der Waals surface area contributed by atoms with Gasteiger partial charge in [-0.1, -0.05) is 5.22 Å². The number of hydrogen-bond donors (Lipinski definition) is 2. The van der Waals surface area contributed by atoms with Crippen molar-refractivity contribution in [3.05, 3.63) is 12.0 Å². The molecule has 1 aromatic heterocycles. The molecule has 1 aromatic rings. The summed E-state index contributed by atoms with van der Waals surface area (Å²) in [5.74, 6) is -0.411. The van der Waals surface area contributed by atoms with Gasteiger partial charge in [0.2, 0.25) is 5.82 Å². The van der Waals surface area contributed by atoms with Crippen molar-refractivity contribution in [2.45, 2.75) is 12.8 Å². The van der Waals surface area contributed by atoms with Crippen molar-refractivity contribution in [3.8, 4) is 0 Å². The smallest absolute Gasteiger partial charge is 0.269 e. The number of hydrogen-bond acceptors (Lipinski definition) is 10. The maximum absolute atomic E-state index is 10.8. The number of rotatable bonds is 10. The number of nitrogens with two attached hydrogens (primary N) is 1. The summed E-state index contributed by atoms with van der Waals surface area (Å²) in [4.78, 5) is 17.1. The fourth-order valence-corrected chi connectivity index (χ4v) is 2.14. The molecule has 15 heteroatoms. The van der Waals surface area contributed by atoms with Crippen molar-refractivity contribution in [3.63, 3.8) is 0 Å². The first kappa shape index (κ1) is 24.9. The molecule has 0 aromatic carbocycles. The fourth-order valence-electron chi connectivity index (χ4n) is 1.30. The molecule has 13 nitrogen and oxygen atoms in total. The number of unbranched alkanes of at least 4 members (excludes halogenated alkanes) is 1. The lowest BCUT2D eigenvalue weighted by atomic mass is 10.3. The van der Waals surface area contributed by atoms with E-state index in [-0.39, 0.29) is 24.7 Å². The van der Waals surface area contributed by atoms with Crippen LogP contribution in [0.1, 0.15) is 23.3 Å². The molecule has 0 bridgehead atoms. The average Bonchev–Trinajstić information content (AvgIpc) is 2.96. The molecule has 0 atom stereocenters. The Morgan fingerprint density at radius 3 is 2.00 bits per heavy atom. The lowest BCUT2D eigenvalue weighted by Crippen LogP contribution is -2.11. The standard InChI is InChI=1S/C6H10N6O.C6H14O6S2/c1-12(2)11-10-6-4(5(7)13)8-3-9-6;1-13(7,8)11-5-3-4-6-12-14(2,9)10/h3H,1-2H3,(H2,7,13)(H,8,9);3-6H2,1-2H3. The van der Waals surface area contributed by atoms with Crippen LogP contribution in [-0.4, -0.2) is 77.5 Å². The van der Waals surface area contributed by atoms with E-state index in [2.05, 4.69) is 28.7 Å². The van der Waals surface area contributed by atoms with Gasteiger partial charge in [-0.15, -0.1) is 5.11 Å². The van der Waals surface area contributed by atoms with Crippen LogP contribution in [0.2, 0.25) is 0 Å². The second-order valence-electron chi connectivity index (χ2n) is 5.26. The Morgan fingerprint density at radius 2 is 1.63 bits per heavy atom. The molecular weight excluding hydrogens is 404 g/mol. The van der Waals surface area contributed by atoms with Crippen LogP contribution in [0.4, 0.5) is 5.82 Å². The first-order valence-electron chi connectivity index (χ1n) is 7.43. The monoisotopic (exact) mass is 428 g/mol. The molecular formula is C12H24N6O7S2. The Labute approximate surface area is 158 Å². The Bertz CT molecular complexity index is 781. The van der Waals surface area contributed by atoms with Gasteiger partial charge < -0.3 is 10.7 Å². The zero-order valence-corrected chi connectivity index (χ0v) is 17.1. The molecule has 0 spiro atoms. The molecule has 0 radical (unpaired) electrons. The Hall–Kier alpha value is -2.10.